The summed E-state index contributed by atoms with van der Waals surface area (Å²) >= 11 is 0. The minimum absolute atomic E-state index is 0.0577. The molecule has 2 N–H and O–H groups in total. The van der Waals surface area contributed by atoms with Gasteiger partial charge in [0.1, 0.15) is 5.75 Å². The van der Waals surface area contributed by atoms with E-state index in [1.165, 1.54) is 0 Å². The van der Waals surface area contributed by atoms with Crippen LogP contribution in [0.1, 0.15) is 25.0 Å². The maximum absolute atomic E-state index is 11.9. The van der Waals surface area contributed by atoms with Gasteiger partial charge < -0.3 is 10.5 Å². The molecule has 0 saturated heterocycles. The van der Waals surface area contributed by atoms with Crippen LogP contribution in [0.5, 0.6) is 5.75 Å². The molecule has 0 heterocycles. The quantitative estimate of drug-likeness (QED) is 0.855. The molecule has 0 saturated carbocycles. The molecule has 0 atom stereocenters. The third kappa shape index (κ3) is 4.31. The highest BCUT2D eigenvalue weighted by Crippen LogP contribution is 2.21. The van der Waals surface area contributed by atoms with Crippen LogP contribution >= 0.6 is 0 Å². The molecule has 1 rings (SSSR count). The lowest BCUT2D eigenvalue weighted by molar-refractivity contribution is 0.409. The molecular formula is C13H21NO3S. The van der Waals surface area contributed by atoms with E-state index in [0.29, 0.717) is 12.3 Å². The first-order valence-electron chi connectivity index (χ1n) is 5.94. The molecular weight excluding hydrogens is 250 g/mol. The standard InChI is InChI=1S/C13H21NO3S/c1-10(2)8-18(15,16)9-11-4-5-13(17-3)12(6-11)7-14/h4-6,10H,7-9,14H2,1-3H3. The Bertz CT molecular complexity index is 495. The number of nitrogens with two attached hydrogens (primary N) is 1. The summed E-state index contributed by atoms with van der Waals surface area (Å²) in [6, 6.07) is 5.34. The number of hydrogen-bond acceptors (Lipinski definition) is 4. The van der Waals surface area contributed by atoms with Crippen LogP contribution in [0.3, 0.4) is 0 Å². The Kier molecular flexibility index (Phi) is 5.16. The van der Waals surface area contributed by atoms with Gasteiger partial charge in [-0.05, 0) is 23.6 Å². The van der Waals surface area contributed by atoms with Gasteiger partial charge in [0.15, 0.2) is 9.84 Å². The highest BCUT2D eigenvalue weighted by atomic mass is 32.2. The van der Waals surface area contributed by atoms with Crippen LogP contribution in [-0.4, -0.2) is 21.3 Å². The summed E-state index contributed by atoms with van der Waals surface area (Å²) in [6.45, 7) is 4.13. The lowest BCUT2D eigenvalue weighted by Crippen LogP contribution is -2.14. The SMILES string of the molecule is COc1ccc(CS(=O)(=O)CC(C)C)cc1CN. The van der Waals surface area contributed by atoms with E-state index in [9.17, 15) is 8.42 Å². The molecule has 1 aromatic rings. The van der Waals surface area contributed by atoms with Crippen molar-refractivity contribution < 1.29 is 13.2 Å². The second kappa shape index (κ2) is 6.20. The Morgan fingerprint density at radius 2 is 2.00 bits per heavy atom. The Morgan fingerprint density at radius 3 is 2.50 bits per heavy atom. The van der Waals surface area contributed by atoms with E-state index in [4.69, 9.17) is 10.5 Å². The van der Waals surface area contributed by atoms with Crippen LogP contribution < -0.4 is 10.5 Å². The molecule has 5 heteroatoms. The molecule has 0 radical (unpaired) electrons. The third-order valence-corrected chi connectivity index (χ3v) is 4.49. The van der Waals surface area contributed by atoms with Crippen molar-refractivity contribution in [3.63, 3.8) is 0 Å². The van der Waals surface area contributed by atoms with E-state index in [1.807, 2.05) is 13.8 Å². The predicted molar refractivity (Wildman–Crippen MR) is 73.2 cm³/mol. The number of hydrogen-bond donors (Lipinski definition) is 1. The maximum atomic E-state index is 11.9. The fourth-order valence-electron chi connectivity index (χ4n) is 1.90. The van der Waals surface area contributed by atoms with Crippen molar-refractivity contribution in [1.82, 2.24) is 0 Å². The van der Waals surface area contributed by atoms with Gasteiger partial charge in [-0.3, -0.25) is 0 Å². The summed E-state index contributed by atoms with van der Waals surface area (Å²) in [5.74, 6) is 1.10. The second-order valence-corrected chi connectivity index (χ2v) is 6.91. The normalized spacial score (nSPS) is 11.8. The minimum Gasteiger partial charge on any atom is -0.496 e. The third-order valence-electron chi connectivity index (χ3n) is 2.54. The number of ether oxygens (including phenoxy) is 1. The minimum atomic E-state index is -3.06. The molecule has 0 unspecified atom stereocenters. The van der Waals surface area contributed by atoms with Gasteiger partial charge in [-0.25, -0.2) is 8.42 Å². The number of benzene rings is 1. The van der Waals surface area contributed by atoms with Crippen molar-refractivity contribution in [1.29, 1.82) is 0 Å². The lowest BCUT2D eigenvalue weighted by atomic mass is 10.1. The van der Waals surface area contributed by atoms with Crippen LogP contribution in [0, 0.1) is 5.92 Å². The molecule has 0 aromatic heterocycles. The van der Waals surface area contributed by atoms with Gasteiger partial charge in [-0.15, -0.1) is 0 Å². The zero-order chi connectivity index (χ0) is 13.8. The van der Waals surface area contributed by atoms with Gasteiger partial charge in [0.05, 0.1) is 18.6 Å². The van der Waals surface area contributed by atoms with Crippen molar-refractivity contribution in [2.75, 3.05) is 12.9 Å². The smallest absolute Gasteiger partial charge is 0.154 e. The molecule has 4 nitrogen and oxygen atoms in total. The molecule has 0 bridgehead atoms. The number of methoxy groups -OCH3 is 1. The average molecular weight is 271 g/mol. The lowest BCUT2D eigenvalue weighted by Gasteiger charge is -2.10. The van der Waals surface area contributed by atoms with E-state index >= 15 is 0 Å². The van der Waals surface area contributed by atoms with Crippen molar-refractivity contribution in [3.05, 3.63) is 29.3 Å². The van der Waals surface area contributed by atoms with Crippen LogP contribution in [0.15, 0.2) is 18.2 Å². The topological polar surface area (TPSA) is 69.4 Å². The largest absolute Gasteiger partial charge is 0.496 e. The molecule has 1 aromatic carbocycles. The Morgan fingerprint density at radius 1 is 1.33 bits per heavy atom. The summed E-state index contributed by atoms with van der Waals surface area (Å²) in [6.07, 6.45) is 0. The number of sulfone groups is 1. The van der Waals surface area contributed by atoms with E-state index in [-0.39, 0.29) is 17.4 Å². The molecule has 0 spiro atoms. The monoisotopic (exact) mass is 271 g/mol. The number of rotatable bonds is 6. The fraction of sp³-hybridized carbons (Fsp3) is 0.538. The van der Waals surface area contributed by atoms with Gasteiger partial charge in [-0.2, -0.15) is 0 Å². The van der Waals surface area contributed by atoms with Crippen LogP contribution in [0.2, 0.25) is 0 Å². The summed E-state index contributed by atoms with van der Waals surface area (Å²) in [5.41, 5.74) is 7.20. The van der Waals surface area contributed by atoms with Crippen molar-refractivity contribution >= 4 is 9.84 Å². The summed E-state index contributed by atoms with van der Waals surface area (Å²) in [4.78, 5) is 0. The predicted octanol–water partition coefficient (Wildman–Crippen LogP) is 1.72. The van der Waals surface area contributed by atoms with Crippen molar-refractivity contribution in [3.8, 4) is 5.75 Å². The molecule has 0 fully saturated rings. The van der Waals surface area contributed by atoms with Crippen LogP contribution in [0.4, 0.5) is 0 Å². The van der Waals surface area contributed by atoms with Crippen LogP contribution in [0.25, 0.3) is 0 Å². The van der Waals surface area contributed by atoms with E-state index in [0.717, 1.165) is 11.1 Å². The molecule has 0 aliphatic carbocycles. The highest BCUT2D eigenvalue weighted by Gasteiger charge is 2.15. The van der Waals surface area contributed by atoms with Crippen LogP contribution in [-0.2, 0) is 22.1 Å². The van der Waals surface area contributed by atoms with Gasteiger partial charge in [0.2, 0.25) is 0 Å². The molecule has 0 aliphatic rings. The highest BCUT2D eigenvalue weighted by molar-refractivity contribution is 7.90. The summed E-state index contributed by atoms with van der Waals surface area (Å²) < 4.78 is 29.0. The fourth-order valence-corrected chi connectivity index (χ4v) is 3.72. The molecule has 0 aliphatic heterocycles. The maximum Gasteiger partial charge on any atom is 0.154 e. The van der Waals surface area contributed by atoms with Gasteiger partial charge >= 0.3 is 0 Å². The zero-order valence-electron chi connectivity index (χ0n) is 11.1. The van der Waals surface area contributed by atoms with E-state index < -0.39 is 9.84 Å². The van der Waals surface area contributed by atoms with Gasteiger partial charge in [0.25, 0.3) is 0 Å². The van der Waals surface area contributed by atoms with Crippen molar-refractivity contribution in [2.24, 2.45) is 11.7 Å². The summed E-state index contributed by atoms with van der Waals surface area (Å²) in [7, 11) is -1.49. The zero-order valence-corrected chi connectivity index (χ0v) is 12.0. The van der Waals surface area contributed by atoms with Gasteiger partial charge in [0, 0.05) is 12.1 Å². The first kappa shape index (κ1) is 15.0. The summed E-state index contributed by atoms with van der Waals surface area (Å²) in [5, 5.41) is 0. The Labute approximate surface area is 109 Å². The molecule has 102 valence electrons. The Balaban J connectivity index is 2.92. The van der Waals surface area contributed by atoms with E-state index in [2.05, 4.69) is 0 Å². The first-order chi connectivity index (χ1) is 8.38. The molecule has 18 heavy (non-hydrogen) atoms. The molecule has 0 amide bonds. The van der Waals surface area contributed by atoms with E-state index in [1.54, 1.807) is 25.3 Å². The second-order valence-electron chi connectivity index (χ2n) is 4.80. The van der Waals surface area contributed by atoms with Crippen molar-refractivity contribution in [2.45, 2.75) is 26.1 Å². The Hall–Kier alpha value is -1.07. The first-order valence-corrected chi connectivity index (χ1v) is 7.76. The average Bonchev–Trinajstić information content (AvgIpc) is 2.26. The van der Waals surface area contributed by atoms with Gasteiger partial charge in [-0.1, -0.05) is 19.9 Å².